The van der Waals surface area contributed by atoms with Crippen molar-refractivity contribution in [3.05, 3.63) is 54.6 Å². The van der Waals surface area contributed by atoms with Gasteiger partial charge in [0.25, 0.3) is 11.8 Å². The largest absolute Gasteiger partial charge is 0.497 e. The Morgan fingerprint density at radius 2 is 1.56 bits per heavy atom. The highest BCUT2D eigenvalue weighted by Crippen LogP contribution is 2.16. The summed E-state index contributed by atoms with van der Waals surface area (Å²) in [6.07, 6.45) is -0.759. The number of hydrogen-bond donors (Lipinski definition) is 2. The molecule has 0 bridgehead atoms. The molecule has 2 N–H and O–H groups in total. The van der Waals surface area contributed by atoms with Gasteiger partial charge in [0.05, 0.1) is 7.11 Å². The van der Waals surface area contributed by atoms with Gasteiger partial charge in [-0.1, -0.05) is 18.2 Å². The van der Waals surface area contributed by atoms with E-state index in [0.29, 0.717) is 17.2 Å². The van der Waals surface area contributed by atoms with Crippen LogP contribution in [0.15, 0.2) is 54.6 Å². The first-order chi connectivity index (χ1) is 12.1. The summed E-state index contributed by atoms with van der Waals surface area (Å²) in [5.41, 5.74) is 4.57. The van der Waals surface area contributed by atoms with Crippen molar-refractivity contribution in [1.82, 2.24) is 10.9 Å². The first-order valence-electron chi connectivity index (χ1n) is 7.65. The minimum absolute atomic E-state index is 0.236. The summed E-state index contributed by atoms with van der Waals surface area (Å²) in [5.74, 6) is 0.816. The lowest BCUT2D eigenvalue weighted by atomic mass is 10.3. The SMILES string of the molecule is COc1ccc(OCC(=O)NNC(=O)C(C)Oc2ccccc2)cc1. The maximum Gasteiger partial charge on any atom is 0.279 e. The second-order valence-corrected chi connectivity index (χ2v) is 5.07. The van der Waals surface area contributed by atoms with E-state index >= 15 is 0 Å². The molecule has 0 radical (unpaired) electrons. The molecule has 0 heterocycles. The molecule has 25 heavy (non-hydrogen) atoms. The zero-order chi connectivity index (χ0) is 18.1. The maximum atomic E-state index is 11.9. The Bertz CT molecular complexity index is 688. The number of rotatable bonds is 7. The predicted molar refractivity (Wildman–Crippen MR) is 91.3 cm³/mol. The minimum Gasteiger partial charge on any atom is -0.497 e. The van der Waals surface area contributed by atoms with Gasteiger partial charge in [0.1, 0.15) is 17.2 Å². The number of amides is 2. The third-order valence-corrected chi connectivity index (χ3v) is 3.18. The number of ether oxygens (including phenoxy) is 3. The summed E-state index contributed by atoms with van der Waals surface area (Å²) in [6.45, 7) is 1.35. The topological polar surface area (TPSA) is 85.9 Å². The molecule has 2 aromatic carbocycles. The number of nitrogens with one attached hydrogen (secondary N) is 2. The number of methoxy groups -OCH3 is 1. The Balaban J connectivity index is 1.70. The molecule has 0 spiro atoms. The molecule has 7 nitrogen and oxygen atoms in total. The zero-order valence-corrected chi connectivity index (χ0v) is 14.0. The van der Waals surface area contributed by atoms with Crippen LogP contribution in [0.3, 0.4) is 0 Å². The van der Waals surface area contributed by atoms with Gasteiger partial charge in [0.15, 0.2) is 12.7 Å². The van der Waals surface area contributed by atoms with Crippen LogP contribution in [-0.2, 0) is 9.59 Å². The van der Waals surface area contributed by atoms with E-state index in [9.17, 15) is 9.59 Å². The number of para-hydroxylation sites is 1. The summed E-state index contributed by atoms with van der Waals surface area (Å²) in [5, 5.41) is 0. The Kier molecular flexibility index (Phi) is 6.65. The third-order valence-electron chi connectivity index (χ3n) is 3.18. The van der Waals surface area contributed by atoms with Crippen molar-refractivity contribution in [1.29, 1.82) is 0 Å². The molecule has 2 amide bonds. The van der Waals surface area contributed by atoms with Gasteiger partial charge in [-0.15, -0.1) is 0 Å². The first kappa shape index (κ1) is 18.1. The molecular formula is C18H20N2O5. The quantitative estimate of drug-likeness (QED) is 0.747. The molecule has 1 unspecified atom stereocenters. The second-order valence-electron chi connectivity index (χ2n) is 5.07. The highest BCUT2D eigenvalue weighted by molar-refractivity contribution is 5.85. The van der Waals surface area contributed by atoms with Gasteiger partial charge in [0.2, 0.25) is 0 Å². The van der Waals surface area contributed by atoms with Crippen LogP contribution in [0.1, 0.15) is 6.92 Å². The summed E-state index contributed by atoms with van der Waals surface area (Å²) in [4.78, 5) is 23.6. The van der Waals surface area contributed by atoms with Crippen LogP contribution in [0.4, 0.5) is 0 Å². The number of benzene rings is 2. The van der Waals surface area contributed by atoms with Crippen molar-refractivity contribution < 1.29 is 23.8 Å². The van der Waals surface area contributed by atoms with Crippen molar-refractivity contribution in [2.75, 3.05) is 13.7 Å². The lowest BCUT2D eigenvalue weighted by Crippen LogP contribution is -2.48. The van der Waals surface area contributed by atoms with Gasteiger partial charge in [-0.2, -0.15) is 0 Å². The van der Waals surface area contributed by atoms with Gasteiger partial charge >= 0.3 is 0 Å². The Morgan fingerprint density at radius 3 is 2.20 bits per heavy atom. The first-order valence-corrected chi connectivity index (χ1v) is 7.65. The summed E-state index contributed by atoms with van der Waals surface area (Å²) in [7, 11) is 1.56. The average molecular weight is 344 g/mol. The third kappa shape index (κ3) is 6.06. The van der Waals surface area contributed by atoms with Crippen LogP contribution in [0, 0.1) is 0 Å². The summed E-state index contributed by atoms with van der Waals surface area (Å²) in [6, 6.07) is 15.7. The summed E-state index contributed by atoms with van der Waals surface area (Å²) >= 11 is 0. The molecule has 0 aliphatic carbocycles. The van der Waals surface area contributed by atoms with Gasteiger partial charge in [-0.05, 0) is 43.3 Å². The molecule has 0 aliphatic rings. The van der Waals surface area contributed by atoms with Crippen LogP contribution in [0.2, 0.25) is 0 Å². The lowest BCUT2D eigenvalue weighted by Gasteiger charge is -2.15. The molecule has 0 aliphatic heterocycles. The fourth-order valence-electron chi connectivity index (χ4n) is 1.85. The van der Waals surface area contributed by atoms with E-state index in [2.05, 4.69) is 10.9 Å². The number of carbonyl (C=O) groups is 2. The van der Waals surface area contributed by atoms with E-state index in [1.165, 1.54) is 0 Å². The standard InChI is InChI=1S/C18H20N2O5/c1-13(25-16-6-4-3-5-7-16)18(22)20-19-17(21)12-24-15-10-8-14(23-2)9-11-15/h3-11,13H,12H2,1-2H3,(H,19,21)(H,20,22). The maximum absolute atomic E-state index is 11.9. The Hall–Kier alpha value is -3.22. The average Bonchev–Trinajstić information content (AvgIpc) is 2.65. The fourth-order valence-corrected chi connectivity index (χ4v) is 1.85. The van der Waals surface area contributed by atoms with E-state index in [1.807, 2.05) is 6.07 Å². The lowest BCUT2D eigenvalue weighted by molar-refractivity contribution is -0.133. The van der Waals surface area contributed by atoms with Gasteiger partial charge < -0.3 is 14.2 Å². The van der Waals surface area contributed by atoms with Crippen molar-refractivity contribution in [2.24, 2.45) is 0 Å². The van der Waals surface area contributed by atoms with Crippen molar-refractivity contribution in [3.8, 4) is 17.2 Å². The van der Waals surface area contributed by atoms with Crippen LogP contribution in [-0.4, -0.2) is 31.6 Å². The van der Waals surface area contributed by atoms with Crippen molar-refractivity contribution in [3.63, 3.8) is 0 Å². The van der Waals surface area contributed by atoms with Crippen molar-refractivity contribution in [2.45, 2.75) is 13.0 Å². The fraction of sp³-hybridized carbons (Fsp3) is 0.222. The predicted octanol–water partition coefficient (Wildman–Crippen LogP) is 1.69. The zero-order valence-electron chi connectivity index (χ0n) is 14.0. The molecule has 1 atom stereocenters. The highest BCUT2D eigenvalue weighted by atomic mass is 16.5. The molecule has 2 aromatic rings. The molecule has 0 saturated heterocycles. The van der Waals surface area contributed by atoms with Gasteiger partial charge in [-0.3, -0.25) is 20.4 Å². The highest BCUT2D eigenvalue weighted by Gasteiger charge is 2.15. The number of hydrogen-bond acceptors (Lipinski definition) is 5. The summed E-state index contributed by atoms with van der Waals surface area (Å²) < 4.78 is 15.8. The molecule has 2 rings (SSSR count). The Morgan fingerprint density at radius 1 is 0.920 bits per heavy atom. The van der Waals surface area contributed by atoms with E-state index in [1.54, 1.807) is 62.6 Å². The van der Waals surface area contributed by atoms with Crippen LogP contribution < -0.4 is 25.1 Å². The normalized spacial score (nSPS) is 11.1. The molecule has 132 valence electrons. The monoisotopic (exact) mass is 344 g/mol. The van der Waals surface area contributed by atoms with Crippen molar-refractivity contribution >= 4 is 11.8 Å². The Labute approximate surface area is 145 Å². The molecular weight excluding hydrogens is 324 g/mol. The van der Waals surface area contributed by atoms with Gasteiger partial charge in [-0.25, -0.2) is 0 Å². The molecule has 0 fully saturated rings. The van der Waals surface area contributed by atoms with E-state index in [4.69, 9.17) is 14.2 Å². The number of carbonyl (C=O) groups excluding carboxylic acids is 2. The van der Waals surface area contributed by atoms with Gasteiger partial charge in [0, 0.05) is 0 Å². The molecule has 7 heteroatoms. The molecule has 0 saturated carbocycles. The molecule has 0 aromatic heterocycles. The minimum atomic E-state index is -0.759. The number of hydrazine groups is 1. The van der Waals surface area contributed by atoms with Crippen LogP contribution in [0.25, 0.3) is 0 Å². The van der Waals surface area contributed by atoms with E-state index in [0.717, 1.165) is 0 Å². The van der Waals surface area contributed by atoms with E-state index < -0.39 is 17.9 Å². The van der Waals surface area contributed by atoms with Crippen LogP contribution >= 0.6 is 0 Å². The smallest absolute Gasteiger partial charge is 0.279 e. The van der Waals surface area contributed by atoms with E-state index in [-0.39, 0.29) is 6.61 Å². The second kappa shape index (κ2) is 9.17. The van der Waals surface area contributed by atoms with Crippen LogP contribution in [0.5, 0.6) is 17.2 Å².